The molecule has 3 rings (SSSR count). The van der Waals surface area contributed by atoms with Crippen molar-refractivity contribution < 1.29 is 27.8 Å². The van der Waals surface area contributed by atoms with Gasteiger partial charge in [-0.3, -0.25) is 4.90 Å². The van der Waals surface area contributed by atoms with Gasteiger partial charge < -0.3 is 9.84 Å². The monoisotopic (exact) mass is 281 g/mol. The van der Waals surface area contributed by atoms with Crippen LogP contribution in [0.1, 0.15) is 33.6 Å². The molecular formula is C12H18F3NO3. The molecule has 110 valence electrons. The Morgan fingerprint density at radius 2 is 1.84 bits per heavy atom. The Bertz CT molecular complexity index is 394. The van der Waals surface area contributed by atoms with Gasteiger partial charge in [-0.2, -0.15) is 13.2 Å². The average molecular weight is 281 g/mol. The van der Waals surface area contributed by atoms with Crippen molar-refractivity contribution >= 4 is 6.09 Å². The molecule has 0 aromatic rings. The van der Waals surface area contributed by atoms with Gasteiger partial charge in [-0.15, -0.1) is 0 Å². The van der Waals surface area contributed by atoms with Gasteiger partial charge in [0.2, 0.25) is 0 Å². The van der Waals surface area contributed by atoms with Crippen LogP contribution in [0.3, 0.4) is 0 Å². The number of aliphatic hydroxyl groups excluding tert-OH is 1. The fourth-order valence-corrected chi connectivity index (χ4v) is 3.04. The molecule has 4 nitrogen and oxygen atoms in total. The Morgan fingerprint density at radius 1 is 1.32 bits per heavy atom. The van der Waals surface area contributed by atoms with E-state index in [-0.39, 0.29) is 12.8 Å². The zero-order valence-corrected chi connectivity index (χ0v) is 11.2. The number of ether oxygens (including phenoxy) is 1. The Labute approximate surface area is 109 Å². The quantitative estimate of drug-likeness (QED) is 0.802. The van der Waals surface area contributed by atoms with Crippen LogP contribution in [0.2, 0.25) is 0 Å². The van der Waals surface area contributed by atoms with Crippen LogP contribution in [0.4, 0.5) is 18.0 Å². The predicted octanol–water partition coefficient (Wildman–Crippen LogP) is 2.31. The normalized spacial score (nSPS) is 34.2. The Morgan fingerprint density at radius 3 is 2.21 bits per heavy atom. The smallest absolute Gasteiger partial charge is 0.410 e. The van der Waals surface area contributed by atoms with Crippen LogP contribution >= 0.6 is 0 Å². The molecular weight excluding hydrogens is 263 g/mol. The highest BCUT2D eigenvalue weighted by Gasteiger charge is 2.76. The minimum absolute atomic E-state index is 0.237. The van der Waals surface area contributed by atoms with E-state index in [1.807, 2.05) is 0 Å². The van der Waals surface area contributed by atoms with Gasteiger partial charge in [0.25, 0.3) is 0 Å². The second kappa shape index (κ2) is 3.77. The van der Waals surface area contributed by atoms with Gasteiger partial charge in [0.15, 0.2) is 0 Å². The zero-order valence-electron chi connectivity index (χ0n) is 11.2. The van der Waals surface area contributed by atoms with Crippen molar-refractivity contribution in [2.45, 2.75) is 50.9 Å². The molecule has 3 aliphatic rings. The Kier molecular flexibility index (Phi) is 2.87. The Hall–Kier alpha value is -0.980. The van der Waals surface area contributed by atoms with Gasteiger partial charge >= 0.3 is 12.3 Å². The van der Waals surface area contributed by atoms with Gasteiger partial charge in [0.1, 0.15) is 5.60 Å². The third-order valence-electron chi connectivity index (χ3n) is 3.88. The van der Waals surface area contributed by atoms with Gasteiger partial charge in [-0.25, -0.2) is 4.79 Å². The highest BCUT2D eigenvalue weighted by molar-refractivity contribution is 5.71. The van der Waals surface area contributed by atoms with Crippen molar-refractivity contribution in [3.8, 4) is 0 Å². The van der Waals surface area contributed by atoms with Gasteiger partial charge in [-0.05, 0) is 33.6 Å². The number of hydrogen-bond donors (Lipinski definition) is 1. The molecule has 0 aromatic carbocycles. The number of nitrogens with zero attached hydrogens (tertiary/aromatic N) is 1. The van der Waals surface area contributed by atoms with E-state index in [0.717, 1.165) is 4.90 Å². The van der Waals surface area contributed by atoms with Crippen LogP contribution in [0.5, 0.6) is 0 Å². The van der Waals surface area contributed by atoms with Crippen molar-refractivity contribution in [1.29, 1.82) is 0 Å². The minimum atomic E-state index is -4.36. The topological polar surface area (TPSA) is 49.8 Å². The van der Waals surface area contributed by atoms with Crippen molar-refractivity contribution in [2.75, 3.05) is 13.2 Å². The number of aliphatic hydroxyl groups is 1. The maximum absolute atomic E-state index is 13.0. The summed E-state index contributed by atoms with van der Waals surface area (Å²) < 4.78 is 44.1. The Balaban J connectivity index is 2.18. The largest absolute Gasteiger partial charge is 0.444 e. The van der Waals surface area contributed by atoms with E-state index in [9.17, 15) is 23.1 Å². The molecule has 0 aromatic heterocycles. The molecule has 1 saturated carbocycles. The molecule has 2 heterocycles. The molecule has 0 unspecified atom stereocenters. The molecule has 7 heteroatoms. The highest BCUT2D eigenvalue weighted by Crippen LogP contribution is 2.65. The second-order valence-corrected chi connectivity index (χ2v) is 6.58. The predicted molar refractivity (Wildman–Crippen MR) is 60.5 cm³/mol. The third kappa shape index (κ3) is 2.07. The molecule has 19 heavy (non-hydrogen) atoms. The first-order chi connectivity index (χ1) is 8.45. The lowest BCUT2D eigenvalue weighted by molar-refractivity contribution is -0.245. The summed E-state index contributed by atoms with van der Waals surface area (Å²) in [7, 11) is 0. The van der Waals surface area contributed by atoms with Crippen molar-refractivity contribution in [3.05, 3.63) is 0 Å². The van der Waals surface area contributed by atoms with Gasteiger partial charge in [0.05, 0.1) is 17.6 Å². The van der Waals surface area contributed by atoms with Gasteiger partial charge in [-0.1, -0.05) is 0 Å². The van der Waals surface area contributed by atoms with E-state index in [0.29, 0.717) is 0 Å². The number of hydrogen-bond acceptors (Lipinski definition) is 3. The van der Waals surface area contributed by atoms with Crippen LogP contribution in [-0.4, -0.2) is 46.6 Å². The molecule has 2 aliphatic heterocycles. The molecule has 1 aliphatic carbocycles. The average Bonchev–Trinajstić information content (AvgIpc) is 2.63. The number of amides is 1. The van der Waals surface area contributed by atoms with Crippen LogP contribution < -0.4 is 0 Å². The van der Waals surface area contributed by atoms with E-state index in [1.165, 1.54) is 0 Å². The standard InChI is InChI=1S/C12H18F3NO3/c1-9(2,3)19-8(18)16-6-10(12(13,14)15)4-11(16,5-10)7-17/h17H,4-7H2,1-3H3. The molecule has 0 atom stereocenters. The summed E-state index contributed by atoms with van der Waals surface area (Å²) in [5.41, 5.74) is -3.74. The lowest BCUT2D eigenvalue weighted by Crippen LogP contribution is -2.57. The summed E-state index contributed by atoms with van der Waals surface area (Å²) in [4.78, 5) is 13.0. The maximum atomic E-state index is 13.0. The number of rotatable bonds is 1. The number of alkyl halides is 3. The molecule has 2 bridgehead atoms. The summed E-state index contributed by atoms with van der Waals surface area (Å²) in [6.45, 7) is 4.06. The SMILES string of the molecule is CC(C)(C)OC(=O)N1CC2(C(F)(F)F)CC1(CO)C2. The van der Waals surface area contributed by atoms with E-state index in [2.05, 4.69) is 0 Å². The van der Waals surface area contributed by atoms with Crippen molar-refractivity contribution in [3.63, 3.8) is 0 Å². The summed E-state index contributed by atoms with van der Waals surface area (Å²) in [5, 5.41) is 9.34. The number of halogens is 3. The summed E-state index contributed by atoms with van der Waals surface area (Å²) in [6.07, 6.45) is -5.62. The first kappa shape index (κ1) is 14.4. The van der Waals surface area contributed by atoms with Crippen LogP contribution in [-0.2, 0) is 4.74 Å². The molecule has 1 N–H and O–H groups in total. The molecule has 1 amide bonds. The fraction of sp³-hybridized carbons (Fsp3) is 0.917. The molecule has 2 saturated heterocycles. The number of carbonyl (C=O) groups is 1. The van der Waals surface area contributed by atoms with Crippen LogP contribution in [0.25, 0.3) is 0 Å². The van der Waals surface area contributed by atoms with E-state index >= 15 is 0 Å². The van der Waals surface area contributed by atoms with E-state index < -0.39 is 42.0 Å². The lowest BCUT2D eigenvalue weighted by atomic mass is 9.62. The summed E-state index contributed by atoms with van der Waals surface area (Å²) in [6, 6.07) is 0. The maximum Gasteiger partial charge on any atom is 0.410 e. The molecule has 0 radical (unpaired) electrons. The summed E-state index contributed by atoms with van der Waals surface area (Å²) >= 11 is 0. The lowest BCUT2D eigenvalue weighted by Gasteiger charge is -2.46. The van der Waals surface area contributed by atoms with Crippen LogP contribution in [0, 0.1) is 5.41 Å². The molecule has 3 fully saturated rings. The molecule has 0 spiro atoms. The summed E-state index contributed by atoms with van der Waals surface area (Å²) in [5.74, 6) is 0. The third-order valence-corrected chi connectivity index (χ3v) is 3.88. The minimum Gasteiger partial charge on any atom is -0.444 e. The second-order valence-electron chi connectivity index (χ2n) is 6.58. The van der Waals surface area contributed by atoms with E-state index in [1.54, 1.807) is 20.8 Å². The first-order valence-electron chi connectivity index (χ1n) is 6.13. The van der Waals surface area contributed by atoms with Crippen molar-refractivity contribution in [1.82, 2.24) is 4.90 Å². The van der Waals surface area contributed by atoms with Crippen LogP contribution in [0.15, 0.2) is 0 Å². The zero-order chi connectivity index (χ0) is 14.7. The van der Waals surface area contributed by atoms with E-state index in [4.69, 9.17) is 4.74 Å². The fourth-order valence-electron chi connectivity index (χ4n) is 3.04. The highest BCUT2D eigenvalue weighted by atomic mass is 19.4. The van der Waals surface area contributed by atoms with Crippen molar-refractivity contribution in [2.24, 2.45) is 5.41 Å². The first-order valence-corrected chi connectivity index (χ1v) is 6.13. The van der Waals surface area contributed by atoms with Gasteiger partial charge in [0, 0.05) is 6.54 Å². The number of carbonyl (C=O) groups excluding carboxylic acids is 1. The number of fused-ring (bicyclic) bond motifs is 1.